The molecule has 0 bridgehead atoms. The average Bonchev–Trinajstić information content (AvgIpc) is 3.25. The van der Waals surface area contributed by atoms with Gasteiger partial charge >= 0.3 is 0 Å². The normalized spacial score (nSPS) is 17.0. The summed E-state index contributed by atoms with van der Waals surface area (Å²) in [5, 5.41) is 16.1. The highest BCUT2D eigenvalue weighted by Gasteiger charge is 2.33. The number of nitrogens with one attached hydrogen (secondary N) is 1. The maximum atomic E-state index is 12.1. The Bertz CT molecular complexity index is 597. The van der Waals surface area contributed by atoms with Gasteiger partial charge in [-0.05, 0) is 25.0 Å². The first-order valence-electron chi connectivity index (χ1n) is 7.12. The van der Waals surface area contributed by atoms with Crippen molar-refractivity contribution in [1.82, 2.24) is 10.5 Å². The van der Waals surface area contributed by atoms with Crippen molar-refractivity contribution in [3.8, 4) is 11.5 Å². The van der Waals surface area contributed by atoms with Crippen LogP contribution >= 0.6 is 0 Å². The molecule has 0 radical (unpaired) electrons. The molecule has 1 aliphatic rings. The standard InChI is InChI=1S/C15H18N2O4/c18-10-15(5-1-2-6-15)9-16-14(19)11-8-13(21-17-11)12-4-3-7-20-12/h3-4,7-8,18H,1-2,5-6,9-10H2,(H,16,19). The third-order valence-electron chi connectivity index (χ3n) is 4.13. The molecule has 2 aromatic rings. The number of nitrogens with zero attached hydrogens (tertiary/aromatic N) is 1. The molecule has 6 heteroatoms. The molecule has 0 spiro atoms. The molecule has 0 saturated heterocycles. The molecule has 2 aromatic heterocycles. The summed E-state index contributed by atoms with van der Waals surface area (Å²) in [6.45, 7) is 0.565. The predicted molar refractivity (Wildman–Crippen MR) is 74.5 cm³/mol. The third-order valence-corrected chi connectivity index (χ3v) is 4.13. The van der Waals surface area contributed by atoms with Crippen LogP contribution in [0.5, 0.6) is 0 Å². The van der Waals surface area contributed by atoms with Gasteiger partial charge in [-0.25, -0.2) is 0 Å². The number of aromatic nitrogens is 1. The summed E-state index contributed by atoms with van der Waals surface area (Å²) in [6, 6.07) is 5.03. The Kier molecular flexibility index (Phi) is 3.79. The van der Waals surface area contributed by atoms with Crippen LogP contribution in [0.25, 0.3) is 11.5 Å². The van der Waals surface area contributed by atoms with Crippen LogP contribution in [0.4, 0.5) is 0 Å². The second kappa shape index (κ2) is 5.73. The number of rotatable bonds is 5. The minimum absolute atomic E-state index is 0.101. The molecule has 3 rings (SSSR count). The molecule has 1 amide bonds. The van der Waals surface area contributed by atoms with Crippen LogP contribution in [0, 0.1) is 5.41 Å². The summed E-state index contributed by atoms with van der Waals surface area (Å²) >= 11 is 0. The van der Waals surface area contributed by atoms with Crippen molar-refractivity contribution in [2.45, 2.75) is 25.7 Å². The van der Waals surface area contributed by atoms with Gasteiger partial charge in [-0.2, -0.15) is 0 Å². The van der Waals surface area contributed by atoms with Gasteiger partial charge in [0.15, 0.2) is 11.5 Å². The Morgan fingerprint density at radius 3 is 2.86 bits per heavy atom. The van der Waals surface area contributed by atoms with Gasteiger partial charge in [-0.3, -0.25) is 4.79 Å². The van der Waals surface area contributed by atoms with E-state index >= 15 is 0 Å². The first kappa shape index (κ1) is 13.9. The van der Waals surface area contributed by atoms with Crippen molar-refractivity contribution < 1.29 is 18.8 Å². The minimum atomic E-state index is -0.295. The number of amides is 1. The van der Waals surface area contributed by atoms with Gasteiger partial charge in [0.05, 0.1) is 12.9 Å². The highest BCUT2D eigenvalue weighted by molar-refractivity contribution is 5.92. The lowest BCUT2D eigenvalue weighted by Crippen LogP contribution is -2.38. The van der Waals surface area contributed by atoms with E-state index in [0.29, 0.717) is 18.1 Å². The molecule has 1 fully saturated rings. The van der Waals surface area contributed by atoms with Crippen LogP contribution in [0.1, 0.15) is 36.2 Å². The lowest BCUT2D eigenvalue weighted by Gasteiger charge is -2.26. The van der Waals surface area contributed by atoms with Crippen molar-refractivity contribution in [2.24, 2.45) is 5.41 Å². The molecular formula is C15H18N2O4. The van der Waals surface area contributed by atoms with E-state index in [1.807, 2.05) is 0 Å². The monoisotopic (exact) mass is 290 g/mol. The van der Waals surface area contributed by atoms with E-state index in [2.05, 4.69) is 10.5 Å². The van der Waals surface area contributed by atoms with Gasteiger partial charge in [0.2, 0.25) is 5.76 Å². The van der Waals surface area contributed by atoms with E-state index in [4.69, 9.17) is 8.94 Å². The fourth-order valence-corrected chi connectivity index (χ4v) is 2.79. The molecule has 1 saturated carbocycles. The van der Waals surface area contributed by atoms with Crippen LogP contribution in [-0.4, -0.2) is 29.3 Å². The van der Waals surface area contributed by atoms with Crippen molar-refractivity contribution in [1.29, 1.82) is 0 Å². The van der Waals surface area contributed by atoms with E-state index in [0.717, 1.165) is 25.7 Å². The molecule has 2 N–H and O–H groups in total. The fourth-order valence-electron chi connectivity index (χ4n) is 2.79. The second-order valence-corrected chi connectivity index (χ2v) is 5.60. The Hall–Kier alpha value is -2.08. The van der Waals surface area contributed by atoms with Gasteiger partial charge in [-0.15, -0.1) is 0 Å². The summed E-state index contributed by atoms with van der Waals surface area (Å²) in [4.78, 5) is 12.1. The van der Waals surface area contributed by atoms with Gasteiger partial charge in [0.1, 0.15) is 0 Å². The molecule has 6 nitrogen and oxygen atoms in total. The van der Waals surface area contributed by atoms with Crippen LogP contribution < -0.4 is 5.32 Å². The Morgan fingerprint density at radius 1 is 1.38 bits per heavy atom. The van der Waals surface area contributed by atoms with Gasteiger partial charge in [-0.1, -0.05) is 18.0 Å². The number of carbonyl (C=O) groups is 1. The predicted octanol–water partition coefficient (Wildman–Crippen LogP) is 2.22. The summed E-state index contributed by atoms with van der Waals surface area (Å²) < 4.78 is 10.3. The molecule has 1 aliphatic carbocycles. The van der Waals surface area contributed by atoms with Crippen molar-refractivity contribution >= 4 is 5.91 Å². The summed E-state index contributed by atoms with van der Waals surface area (Å²) in [7, 11) is 0. The van der Waals surface area contributed by atoms with Crippen LogP contribution in [0.15, 0.2) is 33.4 Å². The molecule has 0 unspecified atom stereocenters. The average molecular weight is 290 g/mol. The van der Waals surface area contributed by atoms with E-state index in [-0.39, 0.29) is 23.6 Å². The van der Waals surface area contributed by atoms with E-state index in [9.17, 15) is 9.90 Å². The molecular weight excluding hydrogens is 272 g/mol. The van der Waals surface area contributed by atoms with Crippen LogP contribution in [-0.2, 0) is 0 Å². The lowest BCUT2D eigenvalue weighted by atomic mass is 9.87. The topological polar surface area (TPSA) is 88.5 Å². The first-order chi connectivity index (χ1) is 10.2. The zero-order chi connectivity index (χ0) is 14.7. The molecule has 21 heavy (non-hydrogen) atoms. The SMILES string of the molecule is O=C(NCC1(CO)CCCC1)c1cc(-c2ccco2)on1. The molecule has 0 aliphatic heterocycles. The van der Waals surface area contributed by atoms with Crippen molar-refractivity contribution in [3.05, 3.63) is 30.2 Å². The fraction of sp³-hybridized carbons (Fsp3) is 0.467. The van der Waals surface area contributed by atoms with Crippen LogP contribution in [0.3, 0.4) is 0 Å². The van der Waals surface area contributed by atoms with Gasteiger partial charge in [0.25, 0.3) is 5.91 Å². The largest absolute Gasteiger partial charge is 0.461 e. The highest BCUT2D eigenvalue weighted by atomic mass is 16.5. The number of carbonyl (C=O) groups excluding carboxylic acids is 1. The van der Waals surface area contributed by atoms with Crippen molar-refractivity contribution in [3.63, 3.8) is 0 Å². The number of aliphatic hydroxyl groups excluding tert-OH is 1. The van der Waals surface area contributed by atoms with Gasteiger partial charge < -0.3 is 19.4 Å². The molecule has 0 atom stereocenters. The number of hydrogen-bond acceptors (Lipinski definition) is 5. The van der Waals surface area contributed by atoms with Crippen LogP contribution in [0.2, 0.25) is 0 Å². The lowest BCUT2D eigenvalue weighted by molar-refractivity contribution is 0.0872. The summed E-state index contributed by atoms with van der Waals surface area (Å²) in [5.74, 6) is 0.656. The smallest absolute Gasteiger partial charge is 0.273 e. The third kappa shape index (κ3) is 2.85. The van der Waals surface area contributed by atoms with E-state index < -0.39 is 0 Å². The summed E-state index contributed by atoms with van der Waals surface area (Å²) in [5.41, 5.74) is 0.0379. The molecule has 112 valence electrons. The Morgan fingerprint density at radius 2 is 2.19 bits per heavy atom. The number of aliphatic hydroxyl groups is 1. The zero-order valence-corrected chi connectivity index (χ0v) is 11.7. The maximum Gasteiger partial charge on any atom is 0.273 e. The Balaban J connectivity index is 1.63. The number of furan rings is 1. The highest BCUT2D eigenvalue weighted by Crippen LogP contribution is 2.36. The number of hydrogen-bond donors (Lipinski definition) is 2. The Labute approximate surface area is 122 Å². The zero-order valence-electron chi connectivity index (χ0n) is 11.7. The maximum absolute atomic E-state index is 12.1. The molecule has 0 aromatic carbocycles. The first-order valence-corrected chi connectivity index (χ1v) is 7.12. The summed E-state index contributed by atoms with van der Waals surface area (Å²) in [6.07, 6.45) is 5.62. The second-order valence-electron chi connectivity index (χ2n) is 5.60. The van der Waals surface area contributed by atoms with E-state index in [1.54, 1.807) is 18.2 Å². The van der Waals surface area contributed by atoms with E-state index in [1.165, 1.54) is 6.26 Å². The molecule has 2 heterocycles. The minimum Gasteiger partial charge on any atom is -0.461 e. The van der Waals surface area contributed by atoms with Gasteiger partial charge in [0, 0.05) is 18.0 Å². The van der Waals surface area contributed by atoms with Crippen molar-refractivity contribution in [2.75, 3.05) is 13.2 Å². The quantitative estimate of drug-likeness (QED) is 0.881.